The Morgan fingerprint density at radius 3 is 2.00 bits per heavy atom. The van der Waals surface area contributed by atoms with Crippen LogP contribution in [0.3, 0.4) is 0 Å². The van der Waals surface area contributed by atoms with Crippen molar-refractivity contribution < 1.29 is 21.5 Å². The number of pyridine rings is 2. The molecule has 0 amide bonds. The fourth-order valence-electron chi connectivity index (χ4n) is 6.58. The van der Waals surface area contributed by atoms with Gasteiger partial charge in [0, 0.05) is 32.4 Å². The van der Waals surface area contributed by atoms with Crippen molar-refractivity contribution in [3.05, 3.63) is 164 Å². The van der Waals surface area contributed by atoms with Gasteiger partial charge in [0.05, 0.1) is 0 Å². The maximum absolute atomic E-state index is 8.84. The van der Waals surface area contributed by atoms with Crippen molar-refractivity contribution in [1.29, 1.82) is 0 Å². The molecule has 3 aromatic heterocycles. The van der Waals surface area contributed by atoms with Crippen LogP contribution in [0.5, 0.6) is 0 Å². The molecule has 5 heteroatoms. The van der Waals surface area contributed by atoms with E-state index in [1.165, 1.54) is 46.8 Å². The van der Waals surface area contributed by atoms with E-state index >= 15 is 0 Å². The molecule has 0 spiro atoms. The monoisotopic (exact) mass is 948 g/mol. The zero-order valence-electron chi connectivity index (χ0n) is 31.9. The van der Waals surface area contributed by atoms with Gasteiger partial charge in [0.25, 0.3) is 0 Å². The molecule has 0 aliphatic heterocycles. The van der Waals surface area contributed by atoms with Gasteiger partial charge in [-0.05, 0) is 57.8 Å². The van der Waals surface area contributed by atoms with Crippen molar-refractivity contribution in [3.8, 4) is 44.8 Å². The van der Waals surface area contributed by atoms with Gasteiger partial charge in [0.15, 0.2) is 0 Å². The third kappa shape index (κ3) is 8.80. The first-order valence-corrected chi connectivity index (χ1v) is 26.3. The third-order valence-electron chi connectivity index (χ3n) is 9.64. The number of fused-ring (bicyclic) bond motifs is 3. The molecule has 0 saturated heterocycles. The molecule has 8 aromatic rings. The van der Waals surface area contributed by atoms with Crippen LogP contribution in [0, 0.1) is 12.1 Å². The van der Waals surface area contributed by atoms with Crippen LogP contribution in [-0.2, 0) is 20.1 Å². The molecule has 0 unspecified atom stereocenters. The maximum Gasteiger partial charge on any atom is 0 e. The first-order chi connectivity index (χ1) is 25.7. The van der Waals surface area contributed by atoms with Crippen molar-refractivity contribution in [2.24, 2.45) is 0 Å². The van der Waals surface area contributed by atoms with E-state index in [2.05, 4.69) is 156 Å². The molecule has 0 aliphatic carbocycles. The van der Waals surface area contributed by atoms with Gasteiger partial charge in [-0.15, -0.1) is 23.8 Å². The van der Waals surface area contributed by atoms with E-state index in [1.54, 1.807) is 11.3 Å². The Morgan fingerprint density at radius 2 is 1.38 bits per heavy atom. The number of hydrogen-bond donors (Lipinski definition) is 0. The van der Waals surface area contributed by atoms with Gasteiger partial charge in [-0.25, -0.2) is 0 Å². The van der Waals surface area contributed by atoms with E-state index in [0.29, 0.717) is 0 Å². The summed E-state index contributed by atoms with van der Waals surface area (Å²) < 4.78 is 12.7. The molecule has 267 valence electrons. The van der Waals surface area contributed by atoms with Crippen LogP contribution in [0.15, 0.2) is 146 Å². The standard InChI is InChI=1S/C28H24NS.C20H20GeN.Ir/c1-3-19(4-2)22-15-16-29-26(17-22)25-12-8-11-24-23-14-13-21(18-27(23)30-28(24)25)20-9-6-5-7-10-20;1-21(2,3)19-13-14-20(22-15-19)18-11-9-17(10-12-18)16-7-5-4-6-8-16;/h5-11,13-19H,3-4H2,1-2H3;4-11,13-15H,1-3H3;/q2*-1;/i19D;;. The average molecular weight is 947 g/mol. The second-order valence-corrected chi connectivity index (χ2v) is 25.8. The van der Waals surface area contributed by atoms with Gasteiger partial charge in [-0.2, -0.15) is 11.3 Å². The van der Waals surface area contributed by atoms with Crippen LogP contribution >= 0.6 is 11.3 Å². The molecule has 3 heterocycles. The zero-order valence-corrected chi connectivity index (χ0v) is 36.2. The fourth-order valence-corrected chi connectivity index (χ4v) is 10.00. The topological polar surface area (TPSA) is 25.8 Å². The molecular weight excluding hydrogens is 901 g/mol. The SMILES string of the molecule is [2H]C(CC)(CC)c1ccnc(-c2[c-]ccc3c2sc2cc(-c4ccccc4)ccc23)c1.[CH3][Ge]([CH3])([CH3])[c]1ccc(-c2[c-]cc(-c3ccccc3)cc2)nc1.[Ir]. The summed E-state index contributed by atoms with van der Waals surface area (Å²) in [6.45, 7) is 4.17. The molecule has 8 rings (SSSR count). The number of hydrogen-bond acceptors (Lipinski definition) is 3. The average Bonchev–Trinajstić information content (AvgIpc) is 3.59. The Kier molecular flexibility index (Phi) is 12.1. The summed E-state index contributed by atoms with van der Waals surface area (Å²) in [6, 6.07) is 53.3. The first-order valence-electron chi connectivity index (χ1n) is 18.6. The molecule has 0 fully saturated rings. The molecule has 0 aliphatic rings. The number of thiophene rings is 1. The summed E-state index contributed by atoms with van der Waals surface area (Å²) >= 11 is 0.0207. The summed E-state index contributed by atoms with van der Waals surface area (Å²) in [4.78, 5) is 9.30. The van der Waals surface area contributed by atoms with Crippen LogP contribution in [0.2, 0.25) is 17.3 Å². The molecule has 53 heavy (non-hydrogen) atoms. The number of benzene rings is 5. The summed E-state index contributed by atoms with van der Waals surface area (Å²) in [5, 5.41) is 2.51. The van der Waals surface area contributed by atoms with Crippen molar-refractivity contribution in [2.75, 3.05) is 0 Å². The fraction of sp³-hybridized carbons (Fsp3) is 0.167. The zero-order chi connectivity index (χ0) is 37.0. The summed E-state index contributed by atoms with van der Waals surface area (Å²) in [5.41, 5.74) is 9.86. The predicted molar refractivity (Wildman–Crippen MR) is 227 cm³/mol. The molecule has 5 aromatic carbocycles. The van der Waals surface area contributed by atoms with Crippen molar-refractivity contribution >= 4 is 49.2 Å². The van der Waals surface area contributed by atoms with Gasteiger partial charge < -0.3 is 4.98 Å². The van der Waals surface area contributed by atoms with E-state index in [1.807, 2.05) is 42.7 Å². The summed E-state index contributed by atoms with van der Waals surface area (Å²) in [7, 11) is 0. The van der Waals surface area contributed by atoms with Crippen LogP contribution in [0.4, 0.5) is 0 Å². The number of aromatic nitrogens is 2. The van der Waals surface area contributed by atoms with Gasteiger partial charge in [-0.1, -0.05) is 73.3 Å². The summed E-state index contributed by atoms with van der Waals surface area (Å²) in [6.07, 6.45) is 5.46. The van der Waals surface area contributed by atoms with Gasteiger partial charge in [0.1, 0.15) is 0 Å². The normalized spacial score (nSPS) is 11.8. The van der Waals surface area contributed by atoms with Crippen molar-refractivity contribution in [1.82, 2.24) is 9.97 Å². The molecule has 1 radical (unpaired) electrons. The molecule has 0 saturated carbocycles. The molecule has 0 atom stereocenters. The van der Waals surface area contributed by atoms with Crippen molar-refractivity contribution in [3.63, 3.8) is 0 Å². The minimum absolute atomic E-state index is 0. The van der Waals surface area contributed by atoms with Gasteiger partial charge >= 0.3 is 135 Å². The Labute approximate surface area is 336 Å². The van der Waals surface area contributed by atoms with E-state index in [-0.39, 0.29) is 20.1 Å². The maximum atomic E-state index is 8.84. The van der Waals surface area contributed by atoms with E-state index in [4.69, 9.17) is 1.37 Å². The number of rotatable bonds is 8. The third-order valence-corrected chi connectivity index (χ3v) is 15.1. The van der Waals surface area contributed by atoms with E-state index < -0.39 is 19.2 Å². The second kappa shape index (κ2) is 17.3. The molecule has 0 N–H and O–H groups in total. The summed E-state index contributed by atoms with van der Waals surface area (Å²) in [5.74, 6) is 6.59. The smallest absolute Gasteiger partial charge is 0 e. The van der Waals surface area contributed by atoms with Crippen LogP contribution in [0.1, 0.15) is 39.5 Å². The largest absolute Gasteiger partial charge is 0 e. The van der Waals surface area contributed by atoms with Crippen LogP contribution in [-0.4, -0.2) is 23.2 Å². The van der Waals surface area contributed by atoms with Crippen molar-refractivity contribution in [2.45, 2.75) is 49.9 Å². The molecule has 2 nitrogen and oxygen atoms in total. The Bertz CT molecular complexity index is 2450. The van der Waals surface area contributed by atoms with E-state index in [9.17, 15) is 0 Å². The second-order valence-electron chi connectivity index (χ2n) is 14.1. The Balaban J connectivity index is 0.000000191. The molecular formula is C48H44GeIrN2S-2. The number of nitrogens with zero attached hydrogens (tertiary/aromatic N) is 2. The van der Waals surface area contributed by atoms with Crippen LogP contribution in [0.25, 0.3) is 64.9 Å². The first kappa shape index (κ1) is 37.1. The predicted octanol–water partition coefficient (Wildman–Crippen LogP) is 13.2. The Hall–Kier alpha value is -4.19. The minimum Gasteiger partial charge on any atom is 0 e. The van der Waals surface area contributed by atoms with E-state index in [0.717, 1.165) is 40.9 Å². The van der Waals surface area contributed by atoms with Gasteiger partial charge in [-0.3, -0.25) is 0 Å². The quantitative estimate of drug-likeness (QED) is 0.112. The van der Waals surface area contributed by atoms with Crippen LogP contribution < -0.4 is 4.40 Å². The Morgan fingerprint density at radius 1 is 0.679 bits per heavy atom. The van der Waals surface area contributed by atoms with Gasteiger partial charge in [0.2, 0.25) is 0 Å². The minimum atomic E-state index is -1.78. The molecule has 0 bridgehead atoms.